The first-order chi connectivity index (χ1) is 13.1. The third-order valence-corrected chi connectivity index (χ3v) is 5.01. The van der Waals surface area contributed by atoms with Crippen molar-refractivity contribution in [1.82, 2.24) is 5.32 Å². The number of nitrogens with one attached hydrogen (secondary N) is 1. The zero-order valence-electron chi connectivity index (χ0n) is 14.6. The van der Waals surface area contributed by atoms with Gasteiger partial charge in [0.25, 0.3) is 0 Å². The van der Waals surface area contributed by atoms with Crippen LogP contribution < -0.4 is 10.1 Å². The molecule has 3 aromatic carbocycles. The van der Waals surface area contributed by atoms with Gasteiger partial charge < -0.3 is 10.1 Å². The molecule has 0 aliphatic heterocycles. The van der Waals surface area contributed by atoms with Gasteiger partial charge in [0.2, 0.25) is 0 Å². The molecule has 0 spiro atoms. The Morgan fingerprint density at radius 3 is 2.52 bits per heavy atom. The van der Waals surface area contributed by atoms with E-state index in [-0.39, 0.29) is 0 Å². The monoisotopic (exact) mass is 415 g/mol. The van der Waals surface area contributed by atoms with Crippen molar-refractivity contribution < 1.29 is 4.74 Å². The summed E-state index contributed by atoms with van der Waals surface area (Å²) in [7, 11) is 0. The Morgan fingerprint density at radius 2 is 1.74 bits per heavy atom. The molecule has 0 saturated carbocycles. The summed E-state index contributed by atoms with van der Waals surface area (Å²) in [5, 5.41) is 4.51. The van der Waals surface area contributed by atoms with Crippen molar-refractivity contribution in [3.63, 3.8) is 0 Å². The number of halogens is 2. The summed E-state index contributed by atoms with van der Waals surface area (Å²) in [6.45, 7) is 1.15. The lowest BCUT2D eigenvalue weighted by Crippen LogP contribution is -2.24. The minimum absolute atomic E-state index is 0.369. The predicted molar refractivity (Wildman–Crippen MR) is 117 cm³/mol. The molecule has 27 heavy (non-hydrogen) atoms. The van der Waals surface area contributed by atoms with E-state index >= 15 is 0 Å². The van der Waals surface area contributed by atoms with Gasteiger partial charge in [-0.25, -0.2) is 0 Å². The lowest BCUT2D eigenvalue weighted by molar-refractivity contribution is 0.306. The second-order valence-corrected chi connectivity index (χ2v) is 7.30. The highest BCUT2D eigenvalue weighted by atomic mass is 35.5. The lowest BCUT2D eigenvalue weighted by atomic mass is 10.1. The highest BCUT2D eigenvalue weighted by Crippen LogP contribution is 2.23. The molecule has 3 rings (SSSR count). The Morgan fingerprint density at radius 1 is 0.926 bits per heavy atom. The quantitative estimate of drug-likeness (QED) is 0.472. The lowest BCUT2D eigenvalue weighted by Gasteiger charge is -2.11. The molecule has 0 amide bonds. The molecule has 0 atom stereocenters. The molecule has 5 heteroatoms. The minimum Gasteiger partial charge on any atom is -0.489 e. The Hall–Kier alpha value is -2.07. The molecule has 0 bridgehead atoms. The van der Waals surface area contributed by atoms with E-state index in [1.165, 1.54) is 5.56 Å². The second kappa shape index (κ2) is 9.75. The maximum absolute atomic E-state index is 6.19. The van der Waals surface area contributed by atoms with Crippen LogP contribution in [-0.2, 0) is 13.0 Å². The summed E-state index contributed by atoms with van der Waals surface area (Å²) in [5.74, 6) is 0.741. The number of benzene rings is 3. The van der Waals surface area contributed by atoms with E-state index in [4.69, 9.17) is 40.2 Å². The summed E-state index contributed by atoms with van der Waals surface area (Å²) in [6, 6.07) is 23.4. The van der Waals surface area contributed by atoms with E-state index in [1.54, 1.807) is 12.1 Å². The van der Waals surface area contributed by atoms with Crippen molar-refractivity contribution in [3.8, 4) is 5.75 Å². The SMILES string of the molecule is S=C(NCCc1ccccc1)c1cccc(OCc2ccc(Cl)cc2Cl)c1. The molecule has 0 heterocycles. The molecular weight excluding hydrogens is 397 g/mol. The van der Waals surface area contributed by atoms with Crippen LogP contribution in [0.1, 0.15) is 16.7 Å². The number of rotatable bonds is 7. The summed E-state index contributed by atoms with van der Waals surface area (Å²) in [5.41, 5.74) is 3.09. The van der Waals surface area contributed by atoms with Crippen LogP contribution in [0, 0.1) is 0 Å². The fourth-order valence-electron chi connectivity index (χ4n) is 2.59. The van der Waals surface area contributed by atoms with Crippen molar-refractivity contribution in [1.29, 1.82) is 0 Å². The van der Waals surface area contributed by atoms with Gasteiger partial charge in [-0.05, 0) is 36.2 Å². The average Bonchev–Trinajstić information content (AvgIpc) is 2.68. The Bertz CT molecular complexity index is 915. The van der Waals surface area contributed by atoms with Gasteiger partial charge in [-0.15, -0.1) is 0 Å². The van der Waals surface area contributed by atoms with Gasteiger partial charge in [-0.2, -0.15) is 0 Å². The number of hydrogen-bond donors (Lipinski definition) is 1. The highest BCUT2D eigenvalue weighted by molar-refractivity contribution is 7.80. The van der Waals surface area contributed by atoms with Crippen LogP contribution in [0.4, 0.5) is 0 Å². The molecule has 0 aromatic heterocycles. The first kappa shape index (κ1) is 19.7. The van der Waals surface area contributed by atoms with Crippen LogP contribution in [-0.4, -0.2) is 11.5 Å². The number of hydrogen-bond acceptors (Lipinski definition) is 2. The van der Waals surface area contributed by atoms with Crippen LogP contribution in [0.5, 0.6) is 5.75 Å². The third-order valence-electron chi connectivity index (χ3n) is 4.05. The molecule has 138 valence electrons. The zero-order chi connectivity index (χ0) is 19.1. The van der Waals surface area contributed by atoms with E-state index < -0.39 is 0 Å². The first-order valence-electron chi connectivity index (χ1n) is 8.61. The Kier molecular flexibility index (Phi) is 7.11. The average molecular weight is 416 g/mol. The number of ether oxygens (including phenoxy) is 1. The first-order valence-corrected chi connectivity index (χ1v) is 9.77. The van der Waals surface area contributed by atoms with Gasteiger partial charge in [-0.1, -0.05) is 84.0 Å². The van der Waals surface area contributed by atoms with Gasteiger partial charge in [0, 0.05) is 27.7 Å². The van der Waals surface area contributed by atoms with E-state index in [2.05, 4.69) is 17.4 Å². The third kappa shape index (κ3) is 5.96. The molecule has 3 aromatic rings. The molecule has 0 aliphatic rings. The van der Waals surface area contributed by atoms with E-state index in [0.717, 1.165) is 29.8 Å². The normalized spacial score (nSPS) is 10.4. The second-order valence-electron chi connectivity index (χ2n) is 6.04. The number of thiocarbonyl (C=S) groups is 1. The van der Waals surface area contributed by atoms with E-state index in [1.807, 2.05) is 48.5 Å². The predicted octanol–water partition coefficient (Wildman–Crippen LogP) is 6.08. The van der Waals surface area contributed by atoms with Gasteiger partial charge >= 0.3 is 0 Å². The standard InChI is InChI=1S/C22H19Cl2NOS/c23-19-10-9-18(21(24)14-19)15-26-20-8-4-7-17(13-20)22(27)25-12-11-16-5-2-1-3-6-16/h1-10,13-14H,11-12,15H2,(H,25,27). The van der Waals surface area contributed by atoms with Crippen LogP contribution in [0.25, 0.3) is 0 Å². The van der Waals surface area contributed by atoms with Gasteiger partial charge in [-0.3, -0.25) is 0 Å². The van der Waals surface area contributed by atoms with E-state index in [9.17, 15) is 0 Å². The van der Waals surface area contributed by atoms with Crippen LogP contribution >= 0.6 is 35.4 Å². The smallest absolute Gasteiger partial charge is 0.120 e. The van der Waals surface area contributed by atoms with Gasteiger partial charge in [0.15, 0.2) is 0 Å². The molecule has 0 aliphatic carbocycles. The molecule has 0 fully saturated rings. The topological polar surface area (TPSA) is 21.3 Å². The van der Waals surface area contributed by atoms with Crippen LogP contribution in [0.15, 0.2) is 72.8 Å². The van der Waals surface area contributed by atoms with Crippen LogP contribution in [0.2, 0.25) is 10.0 Å². The van der Waals surface area contributed by atoms with E-state index in [0.29, 0.717) is 21.6 Å². The van der Waals surface area contributed by atoms with Gasteiger partial charge in [0.05, 0.1) is 0 Å². The maximum atomic E-state index is 6.19. The maximum Gasteiger partial charge on any atom is 0.120 e. The highest BCUT2D eigenvalue weighted by Gasteiger charge is 2.05. The van der Waals surface area contributed by atoms with Crippen molar-refractivity contribution >= 4 is 40.4 Å². The molecule has 0 unspecified atom stereocenters. The molecule has 0 radical (unpaired) electrons. The van der Waals surface area contributed by atoms with Gasteiger partial charge in [0.1, 0.15) is 17.3 Å². The molecule has 1 N–H and O–H groups in total. The Labute approximate surface area is 175 Å². The fraction of sp³-hybridized carbons (Fsp3) is 0.136. The van der Waals surface area contributed by atoms with Crippen LogP contribution in [0.3, 0.4) is 0 Å². The minimum atomic E-state index is 0.369. The van der Waals surface area contributed by atoms with Crippen molar-refractivity contribution in [2.75, 3.05) is 6.54 Å². The van der Waals surface area contributed by atoms with Crippen molar-refractivity contribution in [2.45, 2.75) is 13.0 Å². The van der Waals surface area contributed by atoms with Crippen molar-refractivity contribution in [2.24, 2.45) is 0 Å². The largest absolute Gasteiger partial charge is 0.489 e. The summed E-state index contributed by atoms with van der Waals surface area (Å²) >= 11 is 17.6. The van der Waals surface area contributed by atoms with Crippen molar-refractivity contribution in [3.05, 3.63) is 99.5 Å². The fourth-order valence-corrected chi connectivity index (χ4v) is 3.29. The summed E-state index contributed by atoms with van der Waals surface area (Å²) in [4.78, 5) is 0.709. The summed E-state index contributed by atoms with van der Waals surface area (Å²) < 4.78 is 5.86. The Balaban J connectivity index is 1.55. The zero-order valence-corrected chi connectivity index (χ0v) is 17.0. The molecule has 0 saturated heterocycles. The molecule has 2 nitrogen and oxygen atoms in total. The summed E-state index contributed by atoms with van der Waals surface area (Å²) in [6.07, 6.45) is 0.923. The molecular formula is C22H19Cl2NOS.